The molecular weight excluding hydrogens is 228 g/mol. The van der Waals surface area contributed by atoms with E-state index in [1.807, 2.05) is 14.1 Å². The normalized spacial score (nSPS) is 7.00. The number of hydrogen-bond donors (Lipinski definition) is 0. The minimum atomic E-state index is 0.750. The molecule has 0 fully saturated rings. The zero-order valence-corrected chi connectivity index (χ0v) is 10.7. The van der Waals surface area contributed by atoms with E-state index in [0.29, 0.717) is 0 Å². The summed E-state index contributed by atoms with van der Waals surface area (Å²) in [4.78, 5) is 3.00. The molecule has 6 heteroatoms. The zero-order valence-electron chi connectivity index (χ0n) is 7.54. The molecule has 0 rings (SSSR count). The van der Waals surface area contributed by atoms with E-state index in [2.05, 4.69) is 28.2 Å². The molecule has 0 aromatic heterocycles. The summed E-state index contributed by atoms with van der Waals surface area (Å²) in [6.45, 7) is 0. The van der Waals surface area contributed by atoms with Gasteiger partial charge in [-0.15, -0.1) is 0 Å². The Kier molecular flexibility index (Phi) is 57.1. The van der Waals surface area contributed by atoms with Crippen molar-refractivity contribution in [2.45, 2.75) is 0 Å². The standard InChI is InChI=1S/C3H8N.C3H6N.2O.2Ti/c2*1-4(2)3;;;;/h1H2,2-3H3;1-3H2;;;;/q-1;-3;;;2*+2. The zero-order chi connectivity index (χ0) is 11.2. The Morgan fingerprint density at radius 2 is 0.833 bits per heavy atom. The fourth-order valence-electron chi connectivity index (χ4n) is 0. The molecule has 0 aromatic rings. The van der Waals surface area contributed by atoms with Crippen molar-refractivity contribution < 1.29 is 47.5 Å². The molecule has 0 atom stereocenters. The third-order valence-electron chi connectivity index (χ3n) is 0. The first-order chi connectivity index (χ1) is 5.46. The van der Waals surface area contributed by atoms with E-state index < -0.39 is 0 Å². The van der Waals surface area contributed by atoms with E-state index in [4.69, 9.17) is 6.65 Å². The van der Waals surface area contributed by atoms with Crippen LogP contribution in [0.4, 0.5) is 0 Å². The third-order valence-corrected chi connectivity index (χ3v) is 0. The third kappa shape index (κ3) is 1200. The van der Waals surface area contributed by atoms with Gasteiger partial charge in [-0.25, -0.2) is 0 Å². The van der Waals surface area contributed by atoms with Crippen LogP contribution < -0.4 is 0 Å². The van der Waals surface area contributed by atoms with Crippen molar-refractivity contribution in [1.29, 1.82) is 0 Å². The molecule has 0 aromatic carbocycles. The Hall–Kier alpha value is 0.949. The predicted octanol–water partition coefficient (Wildman–Crippen LogP) is 0.760. The summed E-state index contributed by atoms with van der Waals surface area (Å²) in [7, 11) is 17.0. The van der Waals surface area contributed by atoms with E-state index in [-0.39, 0.29) is 0 Å². The van der Waals surface area contributed by atoms with Crippen LogP contribution >= 0.6 is 0 Å². The molecule has 0 amide bonds. The molecule has 0 heterocycles. The summed E-state index contributed by atoms with van der Waals surface area (Å²) < 4.78 is 16.5. The molecule has 4 nitrogen and oxygen atoms in total. The Morgan fingerprint density at radius 1 is 0.833 bits per heavy atom. The van der Waals surface area contributed by atoms with Crippen LogP contribution in [0.15, 0.2) is 0 Å². The molecule has 0 saturated heterocycles. The van der Waals surface area contributed by atoms with Gasteiger partial charge in [-0.05, 0) is 14.1 Å². The van der Waals surface area contributed by atoms with Crippen molar-refractivity contribution in [2.24, 2.45) is 0 Å². The van der Waals surface area contributed by atoms with Gasteiger partial charge in [0.25, 0.3) is 0 Å². The van der Waals surface area contributed by atoms with Crippen LogP contribution in [0.3, 0.4) is 0 Å². The summed E-state index contributed by atoms with van der Waals surface area (Å²) in [5.41, 5.74) is 0. The van der Waals surface area contributed by atoms with Crippen molar-refractivity contribution >= 4 is 0 Å². The summed E-state index contributed by atoms with van der Waals surface area (Å²) in [6.07, 6.45) is 0. The summed E-state index contributed by atoms with van der Waals surface area (Å²) in [5.74, 6) is 0. The first-order valence-electron chi connectivity index (χ1n) is 2.57. The maximum atomic E-state index is 8.25. The van der Waals surface area contributed by atoms with Gasteiger partial charge in [0.1, 0.15) is 0 Å². The van der Waals surface area contributed by atoms with Crippen LogP contribution in [0.1, 0.15) is 0 Å². The van der Waals surface area contributed by atoms with Crippen LogP contribution in [-0.4, -0.2) is 23.9 Å². The van der Waals surface area contributed by atoms with Gasteiger partial charge in [-0.1, -0.05) is 0 Å². The molecule has 0 radical (unpaired) electrons. The van der Waals surface area contributed by atoms with Crippen LogP contribution in [0.25, 0.3) is 0 Å². The SMILES string of the molecule is [CH2-]N(C)C.[CH2-]N([CH2-])[CH2-].[O]=[Ti+2].[O]=[Ti+2]. The fraction of sp³-hybridized carbons (Fsp3) is 0.333. The Morgan fingerprint density at radius 3 is 0.833 bits per heavy atom. The molecule has 0 aliphatic rings. The van der Waals surface area contributed by atoms with Crippen LogP contribution in [0.2, 0.25) is 0 Å². The molecule has 12 heavy (non-hydrogen) atoms. The average Bonchev–Trinajstić information content (AvgIpc) is 1.93. The monoisotopic (exact) mass is 242 g/mol. The molecule has 0 spiro atoms. The average molecular weight is 242 g/mol. The van der Waals surface area contributed by atoms with Gasteiger partial charge in [-0.2, -0.15) is 0 Å². The van der Waals surface area contributed by atoms with E-state index in [1.54, 1.807) is 4.90 Å². The number of hydrogen-bond acceptors (Lipinski definition) is 4. The van der Waals surface area contributed by atoms with Crippen LogP contribution in [0.5, 0.6) is 0 Å². The molecular formula is C6H14N2O2Ti2. The Balaban J connectivity index is -0.0000000380. The fourth-order valence-corrected chi connectivity index (χ4v) is 0. The van der Waals surface area contributed by atoms with Gasteiger partial charge in [0.2, 0.25) is 0 Å². The minimum absolute atomic E-state index is 0.750. The van der Waals surface area contributed by atoms with Gasteiger partial charge in [0, 0.05) is 0 Å². The van der Waals surface area contributed by atoms with Crippen molar-refractivity contribution in [2.75, 3.05) is 14.1 Å². The molecule has 0 aliphatic heterocycles. The van der Waals surface area contributed by atoms with E-state index >= 15 is 0 Å². The molecule has 0 aliphatic carbocycles. The summed E-state index contributed by atoms with van der Waals surface area (Å²) in [5, 5.41) is 0. The van der Waals surface area contributed by atoms with Crippen molar-refractivity contribution in [1.82, 2.24) is 9.80 Å². The van der Waals surface area contributed by atoms with E-state index in [1.165, 1.54) is 4.90 Å². The quantitative estimate of drug-likeness (QED) is 0.464. The Bertz CT molecular complexity index is 52.0. The van der Waals surface area contributed by atoms with E-state index in [0.717, 1.165) is 40.8 Å². The topological polar surface area (TPSA) is 40.6 Å². The van der Waals surface area contributed by atoms with Crippen molar-refractivity contribution in [3.05, 3.63) is 28.2 Å². The van der Waals surface area contributed by atoms with E-state index in [9.17, 15) is 0 Å². The first-order valence-corrected chi connectivity index (χ1v) is 3.84. The maximum absolute atomic E-state index is 8.25. The number of rotatable bonds is 0. The summed E-state index contributed by atoms with van der Waals surface area (Å²) in [6, 6.07) is 0. The second-order valence-corrected chi connectivity index (χ2v) is 1.75. The molecule has 0 bridgehead atoms. The van der Waals surface area contributed by atoms with Gasteiger partial charge in [-0.3, -0.25) is 7.05 Å². The van der Waals surface area contributed by atoms with Crippen molar-refractivity contribution in [3.8, 4) is 0 Å². The predicted molar refractivity (Wildman–Crippen MR) is 38.3 cm³/mol. The molecule has 68 valence electrons. The van der Waals surface area contributed by atoms with Gasteiger partial charge >= 0.3 is 47.5 Å². The first kappa shape index (κ1) is 23.1. The van der Waals surface area contributed by atoms with Crippen molar-refractivity contribution in [3.63, 3.8) is 0 Å². The molecule has 0 saturated carbocycles. The summed E-state index contributed by atoms with van der Waals surface area (Å²) >= 11 is 1.50. The second kappa shape index (κ2) is 29.7. The van der Waals surface area contributed by atoms with Crippen LogP contribution in [-0.2, 0) is 47.5 Å². The number of nitrogens with zero attached hydrogens (tertiary/aromatic N) is 2. The second-order valence-electron chi connectivity index (χ2n) is 1.75. The van der Waals surface area contributed by atoms with Crippen LogP contribution in [0, 0.1) is 28.2 Å². The Labute approximate surface area is 99.1 Å². The molecule has 0 N–H and O–H groups in total. The van der Waals surface area contributed by atoms with Gasteiger partial charge in [0.05, 0.1) is 0 Å². The van der Waals surface area contributed by atoms with Gasteiger partial charge < -0.3 is 30.9 Å². The van der Waals surface area contributed by atoms with Gasteiger partial charge in [0.15, 0.2) is 0 Å². The molecule has 0 unspecified atom stereocenters.